The van der Waals surface area contributed by atoms with Gasteiger partial charge in [-0.2, -0.15) is 0 Å². The first-order valence-corrected chi connectivity index (χ1v) is 6.19. The van der Waals surface area contributed by atoms with E-state index in [2.05, 4.69) is 0 Å². The van der Waals surface area contributed by atoms with Crippen LogP contribution in [-0.2, 0) is 14.2 Å². The molecule has 98 valence electrons. The third-order valence-corrected chi connectivity index (χ3v) is 2.80. The molecule has 2 aliphatic rings. The second kappa shape index (κ2) is 4.82. The van der Waals surface area contributed by atoms with Gasteiger partial charge in [0.15, 0.2) is 6.29 Å². The highest BCUT2D eigenvalue weighted by atomic mass is 16.7. The van der Waals surface area contributed by atoms with Gasteiger partial charge in [0.05, 0.1) is 19.3 Å². The molecule has 5 nitrogen and oxygen atoms in total. The molecule has 2 aliphatic heterocycles. The van der Waals surface area contributed by atoms with Gasteiger partial charge in [-0.3, -0.25) is 0 Å². The summed E-state index contributed by atoms with van der Waals surface area (Å²) in [6, 6.07) is 0. The van der Waals surface area contributed by atoms with E-state index in [4.69, 9.17) is 14.2 Å². The molecule has 17 heavy (non-hydrogen) atoms. The Balaban J connectivity index is 1.74. The first-order chi connectivity index (χ1) is 7.94. The third kappa shape index (κ3) is 3.57. The van der Waals surface area contributed by atoms with Gasteiger partial charge in [0, 0.05) is 13.0 Å². The van der Waals surface area contributed by atoms with Gasteiger partial charge < -0.3 is 19.1 Å². The molecule has 2 atom stereocenters. The second-order valence-corrected chi connectivity index (χ2v) is 5.56. The maximum atomic E-state index is 11.8. The van der Waals surface area contributed by atoms with E-state index in [1.165, 1.54) is 0 Å². The van der Waals surface area contributed by atoms with Crippen molar-refractivity contribution >= 4 is 6.09 Å². The van der Waals surface area contributed by atoms with Crippen molar-refractivity contribution in [2.24, 2.45) is 0 Å². The number of rotatable bonds is 2. The molecule has 2 saturated heterocycles. The van der Waals surface area contributed by atoms with Crippen molar-refractivity contribution in [2.75, 3.05) is 19.7 Å². The van der Waals surface area contributed by atoms with Crippen molar-refractivity contribution in [3.05, 3.63) is 0 Å². The fourth-order valence-electron chi connectivity index (χ4n) is 1.87. The van der Waals surface area contributed by atoms with Gasteiger partial charge >= 0.3 is 6.09 Å². The van der Waals surface area contributed by atoms with Gasteiger partial charge in [0.25, 0.3) is 0 Å². The van der Waals surface area contributed by atoms with Crippen LogP contribution < -0.4 is 0 Å². The summed E-state index contributed by atoms with van der Waals surface area (Å²) in [5.74, 6) is 0. The number of carbonyl (C=O) groups is 1. The van der Waals surface area contributed by atoms with Gasteiger partial charge in [0.1, 0.15) is 5.60 Å². The molecule has 2 unspecified atom stereocenters. The van der Waals surface area contributed by atoms with Crippen LogP contribution in [0, 0.1) is 0 Å². The van der Waals surface area contributed by atoms with Crippen molar-refractivity contribution in [1.82, 2.24) is 4.90 Å². The molecular weight excluding hydrogens is 222 g/mol. The van der Waals surface area contributed by atoms with Crippen molar-refractivity contribution in [3.63, 3.8) is 0 Å². The van der Waals surface area contributed by atoms with Crippen molar-refractivity contribution < 1.29 is 19.0 Å². The molecule has 0 aromatic rings. The predicted molar refractivity (Wildman–Crippen MR) is 61.7 cm³/mol. The minimum atomic E-state index is -0.437. The van der Waals surface area contributed by atoms with E-state index >= 15 is 0 Å². The molecule has 0 aromatic heterocycles. The number of hydrogen-bond donors (Lipinski definition) is 0. The molecule has 2 fully saturated rings. The number of hydrogen-bond acceptors (Lipinski definition) is 4. The average molecular weight is 243 g/mol. The standard InChI is InChI=1S/C12H21NO4/c1-12(2,3)17-11(14)13-6-4-9(8-13)16-10-5-7-15-10/h9-10H,4-8H2,1-3H3. The molecule has 0 radical (unpaired) electrons. The van der Waals surface area contributed by atoms with E-state index in [0.29, 0.717) is 13.1 Å². The minimum Gasteiger partial charge on any atom is -0.444 e. The van der Waals surface area contributed by atoms with E-state index in [1.54, 1.807) is 4.90 Å². The summed E-state index contributed by atoms with van der Waals surface area (Å²) in [6.45, 7) is 7.71. The molecule has 2 rings (SSSR count). The lowest BCUT2D eigenvalue weighted by Gasteiger charge is -2.29. The Kier molecular flexibility index (Phi) is 3.58. The molecule has 0 aromatic carbocycles. The van der Waals surface area contributed by atoms with E-state index in [-0.39, 0.29) is 18.5 Å². The summed E-state index contributed by atoms with van der Waals surface area (Å²) < 4.78 is 16.2. The fourth-order valence-corrected chi connectivity index (χ4v) is 1.87. The monoisotopic (exact) mass is 243 g/mol. The smallest absolute Gasteiger partial charge is 0.410 e. The molecule has 2 heterocycles. The summed E-state index contributed by atoms with van der Waals surface area (Å²) in [7, 11) is 0. The average Bonchev–Trinajstić information content (AvgIpc) is 2.56. The Morgan fingerprint density at radius 1 is 1.35 bits per heavy atom. The maximum Gasteiger partial charge on any atom is 0.410 e. The van der Waals surface area contributed by atoms with Crippen LogP contribution in [0.25, 0.3) is 0 Å². The number of likely N-dealkylation sites (tertiary alicyclic amines) is 1. The zero-order chi connectivity index (χ0) is 12.5. The van der Waals surface area contributed by atoms with E-state index in [9.17, 15) is 4.79 Å². The van der Waals surface area contributed by atoms with Crippen LogP contribution in [0.4, 0.5) is 4.79 Å². The quantitative estimate of drug-likeness (QED) is 0.741. The van der Waals surface area contributed by atoms with Crippen LogP contribution in [0.2, 0.25) is 0 Å². The van der Waals surface area contributed by atoms with E-state index < -0.39 is 5.60 Å². The molecule has 5 heteroatoms. The minimum absolute atomic E-state index is 0.0569. The first kappa shape index (κ1) is 12.6. The Morgan fingerprint density at radius 3 is 2.59 bits per heavy atom. The SMILES string of the molecule is CC(C)(C)OC(=O)N1CCC(OC2CCO2)C1. The Labute approximate surface area is 102 Å². The van der Waals surface area contributed by atoms with Crippen molar-refractivity contribution in [2.45, 2.75) is 51.6 Å². The maximum absolute atomic E-state index is 11.8. The molecular formula is C12H21NO4. The highest BCUT2D eigenvalue weighted by Crippen LogP contribution is 2.21. The largest absolute Gasteiger partial charge is 0.444 e. The van der Waals surface area contributed by atoms with Gasteiger partial charge in [-0.1, -0.05) is 0 Å². The Bertz CT molecular complexity index is 283. The van der Waals surface area contributed by atoms with E-state index in [1.807, 2.05) is 20.8 Å². The van der Waals surface area contributed by atoms with Crippen LogP contribution in [-0.4, -0.2) is 48.7 Å². The van der Waals surface area contributed by atoms with Crippen molar-refractivity contribution in [1.29, 1.82) is 0 Å². The fraction of sp³-hybridized carbons (Fsp3) is 0.917. The topological polar surface area (TPSA) is 48.0 Å². The lowest BCUT2D eigenvalue weighted by Crippen LogP contribution is -2.38. The Hall–Kier alpha value is -0.810. The van der Waals surface area contributed by atoms with Crippen LogP contribution >= 0.6 is 0 Å². The van der Waals surface area contributed by atoms with Crippen LogP contribution in [0.15, 0.2) is 0 Å². The lowest BCUT2D eigenvalue weighted by molar-refractivity contribution is -0.233. The van der Waals surface area contributed by atoms with E-state index in [0.717, 1.165) is 19.4 Å². The lowest BCUT2D eigenvalue weighted by atomic mass is 10.2. The second-order valence-electron chi connectivity index (χ2n) is 5.56. The highest BCUT2D eigenvalue weighted by Gasteiger charge is 2.33. The van der Waals surface area contributed by atoms with Gasteiger partial charge in [0.2, 0.25) is 0 Å². The summed E-state index contributed by atoms with van der Waals surface area (Å²) >= 11 is 0. The van der Waals surface area contributed by atoms with Crippen LogP contribution in [0.1, 0.15) is 33.6 Å². The summed E-state index contributed by atoms with van der Waals surface area (Å²) in [4.78, 5) is 13.5. The molecule has 1 amide bonds. The van der Waals surface area contributed by atoms with Crippen LogP contribution in [0.5, 0.6) is 0 Å². The highest BCUT2D eigenvalue weighted by molar-refractivity contribution is 5.68. The normalized spacial score (nSPS) is 29.0. The molecule has 0 spiro atoms. The third-order valence-electron chi connectivity index (χ3n) is 2.80. The molecule has 0 saturated carbocycles. The summed E-state index contributed by atoms with van der Waals surface area (Å²) in [6.07, 6.45) is 1.60. The Morgan fingerprint density at radius 2 is 2.06 bits per heavy atom. The zero-order valence-electron chi connectivity index (χ0n) is 10.8. The molecule has 0 N–H and O–H groups in total. The van der Waals surface area contributed by atoms with Gasteiger partial charge in [-0.05, 0) is 27.2 Å². The molecule has 0 bridgehead atoms. The zero-order valence-corrected chi connectivity index (χ0v) is 10.8. The first-order valence-electron chi connectivity index (χ1n) is 6.19. The number of carbonyl (C=O) groups excluding carboxylic acids is 1. The number of nitrogens with zero attached hydrogens (tertiary/aromatic N) is 1. The number of amides is 1. The molecule has 0 aliphatic carbocycles. The number of ether oxygens (including phenoxy) is 3. The van der Waals surface area contributed by atoms with Gasteiger partial charge in [-0.25, -0.2) is 4.79 Å². The van der Waals surface area contributed by atoms with Gasteiger partial charge in [-0.15, -0.1) is 0 Å². The van der Waals surface area contributed by atoms with Crippen molar-refractivity contribution in [3.8, 4) is 0 Å². The summed E-state index contributed by atoms with van der Waals surface area (Å²) in [5.41, 5.74) is -0.437. The summed E-state index contributed by atoms with van der Waals surface area (Å²) in [5, 5.41) is 0. The van der Waals surface area contributed by atoms with Crippen LogP contribution in [0.3, 0.4) is 0 Å². The predicted octanol–water partition coefficient (Wildman–Crippen LogP) is 1.76.